The summed E-state index contributed by atoms with van der Waals surface area (Å²) >= 11 is 0. The molecule has 0 atom stereocenters. The number of likely N-dealkylation sites (N-methyl/N-ethyl adjacent to an activating group) is 1. The van der Waals surface area contributed by atoms with Gasteiger partial charge in [0.05, 0.1) is 24.4 Å². The smallest absolute Gasteiger partial charge is 0.323 e. The number of benzene rings is 1. The summed E-state index contributed by atoms with van der Waals surface area (Å²) in [5.41, 5.74) is 0.762. The summed E-state index contributed by atoms with van der Waals surface area (Å²) in [5.74, 6) is -0.777. The lowest BCUT2D eigenvalue weighted by atomic mass is 10.2. The summed E-state index contributed by atoms with van der Waals surface area (Å²) in [6.07, 6.45) is 0. The molecule has 7 heteroatoms. The number of nitriles is 1. The molecule has 0 aliphatic heterocycles. The number of urea groups is 1. The van der Waals surface area contributed by atoms with Crippen LogP contribution in [0.3, 0.4) is 0 Å². The van der Waals surface area contributed by atoms with Crippen molar-refractivity contribution >= 4 is 17.7 Å². The predicted octanol–water partition coefficient (Wildman–Crippen LogP) is 1.12. The Kier molecular flexibility index (Phi) is 4.71. The molecule has 1 aromatic rings. The van der Waals surface area contributed by atoms with Gasteiger partial charge in [-0.2, -0.15) is 5.26 Å². The van der Waals surface area contributed by atoms with Gasteiger partial charge in [0.25, 0.3) is 0 Å². The number of amides is 2. The molecule has 0 saturated heterocycles. The van der Waals surface area contributed by atoms with E-state index in [-0.39, 0.29) is 0 Å². The number of rotatable bonds is 4. The second kappa shape index (κ2) is 6.26. The minimum absolute atomic E-state index is 0.330. The summed E-state index contributed by atoms with van der Waals surface area (Å²) < 4.78 is 5.05. The van der Waals surface area contributed by atoms with E-state index in [2.05, 4.69) is 5.32 Å². The van der Waals surface area contributed by atoms with Gasteiger partial charge in [-0.25, -0.2) is 4.79 Å². The highest BCUT2D eigenvalue weighted by atomic mass is 16.5. The van der Waals surface area contributed by atoms with Crippen molar-refractivity contribution in [2.24, 2.45) is 0 Å². The SMILES string of the molecule is COc1cc(C#N)ccc1NC(=O)N(C)CC(=O)O. The van der Waals surface area contributed by atoms with Gasteiger partial charge in [-0.15, -0.1) is 0 Å². The Morgan fingerprint density at radius 2 is 2.21 bits per heavy atom. The van der Waals surface area contributed by atoms with Crippen LogP contribution in [0.25, 0.3) is 0 Å². The number of hydrogen-bond acceptors (Lipinski definition) is 4. The molecule has 0 aromatic heterocycles. The van der Waals surface area contributed by atoms with E-state index < -0.39 is 18.5 Å². The first-order chi connectivity index (χ1) is 8.97. The maximum absolute atomic E-state index is 11.7. The lowest BCUT2D eigenvalue weighted by Gasteiger charge is -2.17. The third kappa shape index (κ3) is 3.89. The van der Waals surface area contributed by atoms with Crippen molar-refractivity contribution in [2.45, 2.75) is 0 Å². The Labute approximate surface area is 110 Å². The Morgan fingerprint density at radius 3 is 2.74 bits per heavy atom. The molecule has 0 fully saturated rings. The van der Waals surface area contributed by atoms with Crippen LogP contribution < -0.4 is 10.1 Å². The van der Waals surface area contributed by atoms with Crippen LogP contribution in [0, 0.1) is 11.3 Å². The number of carboxylic acids is 1. The lowest BCUT2D eigenvalue weighted by Crippen LogP contribution is -2.35. The molecule has 2 amide bonds. The summed E-state index contributed by atoms with van der Waals surface area (Å²) in [7, 11) is 2.77. The summed E-state index contributed by atoms with van der Waals surface area (Å²) in [6, 6.07) is 5.89. The van der Waals surface area contributed by atoms with Crippen LogP contribution in [0.15, 0.2) is 18.2 Å². The molecule has 0 spiro atoms. The molecule has 0 aliphatic rings. The number of carbonyl (C=O) groups is 2. The number of aliphatic carboxylic acids is 1. The van der Waals surface area contributed by atoms with Gasteiger partial charge in [0.15, 0.2) is 0 Å². The summed E-state index contributed by atoms with van der Waals surface area (Å²) in [6.45, 7) is -0.412. The van der Waals surface area contributed by atoms with E-state index in [1.807, 2.05) is 6.07 Å². The average Bonchev–Trinajstić information content (AvgIpc) is 2.38. The molecule has 7 nitrogen and oxygen atoms in total. The van der Waals surface area contributed by atoms with Gasteiger partial charge >= 0.3 is 12.0 Å². The largest absolute Gasteiger partial charge is 0.495 e. The van der Waals surface area contributed by atoms with E-state index in [0.717, 1.165) is 4.90 Å². The van der Waals surface area contributed by atoms with Crippen molar-refractivity contribution in [3.8, 4) is 11.8 Å². The third-order valence-electron chi connectivity index (χ3n) is 2.29. The van der Waals surface area contributed by atoms with Gasteiger partial charge in [-0.05, 0) is 12.1 Å². The quantitative estimate of drug-likeness (QED) is 0.847. The zero-order valence-electron chi connectivity index (χ0n) is 10.5. The zero-order valence-corrected chi connectivity index (χ0v) is 10.5. The van der Waals surface area contributed by atoms with Gasteiger partial charge in [-0.3, -0.25) is 4.79 Å². The molecule has 0 unspecified atom stereocenters. The molecule has 1 rings (SSSR count). The van der Waals surface area contributed by atoms with E-state index >= 15 is 0 Å². The average molecular weight is 263 g/mol. The minimum atomic E-state index is -1.11. The van der Waals surface area contributed by atoms with Crippen molar-refractivity contribution in [3.63, 3.8) is 0 Å². The predicted molar refractivity (Wildman–Crippen MR) is 67.0 cm³/mol. The topological polar surface area (TPSA) is 103 Å². The van der Waals surface area contributed by atoms with Crippen LogP contribution in [-0.4, -0.2) is 42.7 Å². The number of anilines is 1. The van der Waals surface area contributed by atoms with Crippen LogP contribution in [0.5, 0.6) is 5.75 Å². The molecule has 100 valence electrons. The van der Waals surface area contributed by atoms with E-state index in [1.54, 1.807) is 0 Å². The number of nitrogens with one attached hydrogen (secondary N) is 1. The Balaban J connectivity index is 2.85. The van der Waals surface area contributed by atoms with Gasteiger partial charge in [0.1, 0.15) is 12.3 Å². The first-order valence-corrected chi connectivity index (χ1v) is 5.30. The molecule has 1 aromatic carbocycles. The number of ether oxygens (including phenoxy) is 1. The highest BCUT2D eigenvalue weighted by molar-refractivity contribution is 5.92. The van der Waals surface area contributed by atoms with Crippen molar-refractivity contribution < 1.29 is 19.4 Å². The molecule has 0 bridgehead atoms. The highest BCUT2D eigenvalue weighted by Gasteiger charge is 2.14. The van der Waals surface area contributed by atoms with Crippen LogP contribution in [0.1, 0.15) is 5.56 Å². The molecule has 2 N–H and O–H groups in total. The number of hydrogen-bond donors (Lipinski definition) is 2. The minimum Gasteiger partial charge on any atom is -0.495 e. The van der Waals surface area contributed by atoms with Crippen molar-refractivity contribution in [1.29, 1.82) is 5.26 Å². The van der Waals surface area contributed by atoms with Crippen LogP contribution >= 0.6 is 0 Å². The molecule has 0 aliphatic carbocycles. The Morgan fingerprint density at radius 1 is 1.53 bits per heavy atom. The van der Waals surface area contributed by atoms with Crippen LogP contribution in [0.4, 0.5) is 10.5 Å². The van der Waals surface area contributed by atoms with E-state index in [1.165, 1.54) is 32.4 Å². The van der Waals surface area contributed by atoms with Gasteiger partial charge in [-0.1, -0.05) is 0 Å². The van der Waals surface area contributed by atoms with Crippen LogP contribution in [0.2, 0.25) is 0 Å². The van der Waals surface area contributed by atoms with Crippen molar-refractivity contribution in [2.75, 3.05) is 26.0 Å². The molecular weight excluding hydrogens is 250 g/mol. The molecule has 19 heavy (non-hydrogen) atoms. The number of nitrogens with zero attached hydrogens (tertiary/aromatic N) is 2. The highest BCUT2D eigenvalue weighted by Crippen LogP contribution is 2.25. The molecule has 0 saturated carbocycles. The molecule has 0 radical (unpaired) electrons. The summed E-state index contributed by atoms with van der Waals surface area (Å²) in [5, 5.41) is 19.8. The fraction of sp³-hybridized carbons (Fsp3) is 0.250. The normalized spacial score (nSPS) is 9.32. The summed E-state index contributed by atoms with van der Waals surface area (Å²) in [4.78, 5) is 23.2. The van der Waals surface area contributed by atoms with E-state index in [0.29, 0.717) is 17.0 Å². The number of carboxylic acid groups (broad SMARTS) is 1. The monoisotopic (exact) mass is 263 g/mol. The maximum Gasteiger partial charge on any atom is 0.323 e. The molecular formula is C12H13N3O4. The Bertz CT molecular complexity index is 536. The third-order valence-corrected chi connectivity index (χ3v) is 2.29. The maximum atomic E-state index is 11.7. The second-order valence-corrected chi connectivity index (χ2v) is 3.71. The zero-order chi connectivity index (χ0) is 14.4. The number of carbonyl (C=O) groups excluding carboxylic acids is 1. The second-order valence-electron chi connectivity index (χ2n) is 3.71. The van der Waals surface area contributed by atoms with Gasteiger partial charge in [0.2, 0.25) is 0 Å². The first kappa shape index (κ1) is 14.3. The fourth-order valence-electron chi connectivity index (χ4n) is 1.35. The van der Waals surface area contributed by atoms with E-state index in [4.69, 9.17) is 15.1 Å². The van der Waals surface area contributed by atoms with Crippen molar-refractivity contribution in [1.82, 2.24) is 4.90 Å². The standard InChI is InChI=1S/C12H13N3O4/c1-15(7-11(16)17)12(18)14-9-4-3-8(6-13)5-10(9)19-2/h3-5H,7H2,1-2H3,(H,14,18)(H,16,17). The van der Waals surface area contributed by atoms with Crippen molar-refractivity contribution in [3.05, 3.63) is 23.8 Å². The fourth-order valence-corrected chi connectivity index (χ4v) is 1.35. The lowest BCUT2D eigenvalue weighted by molar-refractivity contribution is -0.137. The van der Waals surface area contributed by atoms with Gasteiger partial charge in [0, 0.05) is 13.1 Å². The molecule has 0 heterocycles. The Hall–Kier alpha value is -2.75. The number of methoxy groups -OCH3 is 1. The van der Waals surface area contributed by atoms with E-state index in [9.17, 15) is 9.59 Å². The van der Waals surface area contributed by atoms with Crippen LogP contribution in [-0.2, 0) is 4.79 Å². The van der Waals surface area contributed by atoms with Gasteiger partial charge < -0.3 is 20.1 Å². The first-order valence-electron chi connectivity index (χ1n) is 5.30.